The van der Waals surface area contributed by atoms with Crippen LogP contribution in [0.2, 0.25) is 0 Å². The Bertz CT molecular complexity index is 273. The number of hydrogen-bond acceptors (Lipinski definition) is 1. The molecule has 0 N–H and O–H groups in total. The molecule has 0 heterocycles. The van der Waals surface area contributed by atoms with Crippen molar-refractivity contribution < 1.29 is 18.0 Å². The second kappa shape index (κ2) is 2.74. The van der Waals surface area contributed by atoms with Crippen LogP contribution in [0.5, 0.6) is 0 Å². The second-order valence-electron chi connectivity index (χ2n) is 1.86. The standard InChI is InChI=1S/C7H2F3O/c8-5-1-4(3-11)2-6(9)7(5)10/h1-2H. The Morgan fingerprint density at radius 3 is 1.91 bits per heavy atom. The fourth-order valence-electron chi connectivity index (χ4n) is 0.614. The predicted octanol–water partition coefficient (Wildman–Crippen LogP) is 1.56. The zero-order valence-electron chi connectivity index (χ0n) is 5.20. The third-order valence-corrected chi connectivity index (χ3v) is 1.10. The summed E-state index contributed by atoms with van der Waals surface area (Å²) < 4.78 is 36.6. The van der Waals surface area contributed by atoms with Gasteiger partial charge in [-0.25, -0.2) is 13.2 Å². The molecule has 0 atom stereocenters. The fraction of sp³-hybridized carbons (Fsp3) is 0. The van der Waals surface area contributed by atoms with Gasteiger partial charge in [0.25, 0.3) is 0 Å². The van der Waals surface area contributed by atoms with Gasteiger partial charge in [-0.3, -0.25) is 4.79 Å². The predicted molar refractivity (Wildman–Crippen MR) is 31.1 cm³/mol. The van der Waals surface area contributed by atoms with Gasteiger partial charge in [0.2, 0.25) is 6.29 Å². The van der Waals surface area contributed by atoms with Crippen molar-refractivity contribution in [3.8, 4) is 0 Å². The zero-order chi connectivity index (χ0) is 8.43. The Kier molecular flexibility index (Phi) is 1.94. The van der Waals surface area contributed by atoms with Gasteiger partial charge in [-0.1, -0.05) is 0 Å². The second-order valence-corrected chi connectivity index (χ2v) is 1.86. The molecule has 1 rings (SSSR count). The third kappa shape index (κ3) is 1.39. The lowest BCUT2D eigenvalue weighted by Crippen LogP contribution is -1.93. The lowest BCUT2D eigenvalue weighted by atomic mass is 10.2. The maximum atomic E-state index is 12.2. The highest BCUT2D eigenvalue weighted by molar-refractivity contribution is 5.75. The van der Waals surface area contributed by atoms with Crippen molar-refractivity contribution in [2.45, 2.75) is 0 Å². The van der Waals surface area contributed by atoms with E-state index in [9.17, 15) is 18.0 Å². The average Bonchev–Trinajstić information content (AvgIpc) is 1.99. The van der Waals surface area contributed by atoms with Crippen LogP contribution < -0.4 is 0 Å². The molecular formula is C7H2F3O. The van der Waals surface area contributed by atoms with Gasteiger partial charge in [0, 0.05) is 5.56 Å². The summed E-state index contributed by atoms with van der Waals surface area (Å²) in [5.41, 5.74) is -0.346. The van der Waals surface area contributed by atoms with E-state index in [1.807, 2.05) is 0 Å². The monoisotopic (exact) mass is 159 g/mol. The summed E-state index contributed by atoms with van der Waals surface area (Å²) in [6, 6.07) is 1.15. The minimum atomic E-state index is -1.58. The highest BCUT2D eigenvalue weighted by atomic mass is 19.2. The van der Waals surface area contributed by atoms with Crippen molar-refractivity contribution >= 4 is 6.29 Å². The molecule has 57 valence electrons. The van der Waals surface area contributed by atoms with E-state index < -0.39 is 17.5 Å². The van der Waals surface area contributed by atoms with Gasteiger partial charge in [-0.15, -0.1) is 0 Å². The third-order valence-electron chi connectivity index (χ3n) is 1.10. The van der Waals surface area contributed by atoms with Crippen molar-refractivity contribution in [3.05, 3.63) is 35.1 Å². The van der Waals surface area contributed by atoms with Crippen LogP contribution >= 0.6 is 0 Å². The Labute approximate surface area is 60.5 Å². The van der Waals surface area contributed by atoms with Crippen LogP contribution in [-0.4, -0.2) is 6.29 Å². The van der Waals surface area contributed by atoms with Crippen LogP contribution in [0.3, 0.4) is 0 Å². The molecule has 0 aromatic heterocycles. The molecule has 1 radical (unpaired) electrons. The Balaban J connectivity index is 3.31. The van der Waals surface area contributed by atoms with Crippen LogP contribution in [-0.2, 0) is 4.79 Å². The van der Waals surface area contributed by atoms with Gasteiger partial charge in [-0.05, 0) is 12.1 Å². The first-order chi connectivity index (χ1) is 5.15. The normalized spacial score (nSPS) is 9.73. The zero-order valence-corrected chi connectivity index (χ0v) is 5.20. The summed E-state index contributed by atoms with van der Waals surface area (Å²) in [6.07, 6.45) is 1.24. The minimum Gasteiger partial charge on any atom is -0.285 e. The minimum absolute atomic E-state index is 0.346. The first kappa shape index (κ1) is 7.78. The summed E-state index contributed by atoms with van der Waals surface area (Å²) in [6.45, 7) is 0. The molecule has 0 saturated carbocycles. The lowest BCUT2D eigenvalue weighted by Gasteiger charge is -1.94. The van der Waals surface area contributed by atoms with E-state index in [1.165, 1.54) is 6.29 Å². The topological polar surface area (TPSA) is 17.1 Å². The fourth-order valence-corrected chi connectivity index (χ4v) is 0.614. The van der Waals surface area contributed by atoms with E-state index in [0.717, 1.165) is 0 Å². The Hall–Kier alpha value is -1.32. The molecule has 1 nitrogen and oxygen atoms in total. The van der Waals surface area contributed by atoms with E-state index in [-0.39, 0.29) is 5.56 Å². The van der Waals surface area contributed by atoms with Crippen LogP contribution in [0.4, 0.5) is 13.2 Å². The van der Waals surface area contributed by atoms with Crippen molar-refractivity contribution in [1.82, 2.24) is 0 Å². The van der Waals surface area contributed by atoms with E-state index >= 15 is 0 Å². The summed E-state index contributed by atoms with van der Waals surface area (Å²) in [4.78, 5) is 9.84. The average molecular weight is 159 g/mol. The number of rotatable bonds is 1. The summed E-state index contributed by atoms with van der Waals surface area (Å²) >= 11 is 0. The van der Waals surface area contributed by atoms with Gasteiger partial charge >= 0.3 is 0 Å². The summed E-state index contributed by atoms with van der Waals surface area (Å²) in [7, 11) is 0. The van der Waals surface area contributed by atoms with Gasteiger partial charge in [0.05, 0.1) is 0 Å². The Morgan fingerprint density at radius 2 is 1.55 bits per heavy atom. The van der Waals surface area contributed by atoms with Gasteiger partial charge < -0.3 is 0 Å². The highest BCUT2D eigenvalue weighted by Gasteiger charge is 2.09. The molecule has 0 fully saturated rings. The lowest BCUT2D eigenvalue weighted by molar-refractivity contribution is 0.446. The molecule has 1 aromatic carbocycles. The summed E-state index contributed by atoms with van der Waals surface area (Å²) in [5, 5.41) is 0. The Morgan fingerprint density at radius 1 is 1.09 bits per heavy atom. The van der Waals surface area contributed by atoms with Crippen LogP contribution in [0.1, 0.15) is 5.56 Å². The molecule has 0 aliphatic heterocycles. The van der Waals surface area contributed by atoms with E-state index in [2.05, 4.69) is 0 Å². The molecule has 0 aliphatic carbocycles. The molecule has 4 heteroatoms. The maximum absolute atomic E-state index is 12.2. The number of benzene rings is 1. The number of carbonyl (C=O) groups excluding carboxylic acids is 1. The van der Waals surface area contributed by atoms with E-state index in [0.29, 0.717) is 12.1 Å². The molecule has 0 spiro atoms. The van der Waals surface area contributed by atoms with E-state index in [1.54, 1.807) is 0 Å². The summed E-state index contributed by atoms with van der Waals surface area (Å²) in [5.74, 6) is -4.35. The number of hydrogen-bond donors (Lipinski definition) is 0. The molecule has 1 aromatic rings. The molecule has 0 bridgehead atoms. The largest absolute Gasteiger partial charge is 0.285 e. The van der Waals surface area contributed by atoms with Gasteiger partial charge in [0.15, 0.2) is 17.5 Å². The van der Waals surface area contributed by atoms with E-state index in [4.69, 9.17) is 0 Å². The molecule has 11 heavy (non-hydrogen) atoms. The maximum Gasteiger partial charge on any atom is 0.233 e. The van der Waals surface area contributed by atoms with Crippen LogP contribution in [0.15, 0.2) is 12.1 Å². The first-order valence-corrected chi connectivity index (χ1v) is 2.68. The highest BCUT2D eigenvalue weighted by Crippen LogP contribution is 2.11. The van der Waals surface area contributed by atoms with Crippen molar-refractivity contribution in [1.29, 1.82) is 0 Å². The molecule has 0 aliphatic rings. The smallest absolute Gasteiger partial charge is 0.233 e. The van der Waals surface area contributed by atoms with Crippen molar-refractivity contribution in [2.75, 3.05) is 0 Å². The van der Waals surface area contributed by atoms with Crippen LogP contribution in [0, 0.1) is 17.5 Å². The van der Waals surface area contributed by atoms with Crippen molar-refractivity contribution in [2.24, 2.45) is 0 Å². The number of halogens is 3. The van der Waals surface area contributed by atoms with Crippen molar-refractivity contribution in [3.63, 3.8) is 0 Å². The molecule has 0 saturated heterocycles. The van der Waals surface area contributed by atoms with Gasteiger partial charge in [-0.2, -0.15) is 0 Å². The van der Waals surface area contributed by atoms with Crippen LogP contribution in [0.25, 0.3) is 0 Å². The first-order valence-electron chi connectivity index (χ1n) is 2.68. The molecule has 0 unspecified atom stereocenters. The quantitative estimate of drug-likeness (QED) is 0.568. The molecular weight excluding hydrogens is 157 g/mol. The SMILES string of the molecule is O=[C]c1cc(F)c(F)c(F)c1. The van der Waals surface area contributed by atoms with Gasteiger partial charge in [0.1, 0.15) is 0 Å². The molecule has 0 amide bonds.